The Bertz CT molecular complexity index is 1000. The molecule has 0 radical (unpaired) electrons. The van der Waals surface area contributed by atoms with Crippen LogP contribution in [0, 0.1) is 6.92 Å². The van der Waals surface area contributed by atoms with Gasteiger partial charge in [-0.1, -0.05) is 30.3 Å². The number of hydrazone groups is 1. The van der Waals surface area contributed by atoms with E-state index in [2.05, 4.69) is 15.8 Å². The van der Waals surface area contributed by atoms with Crippen molar-refractivity contribution in [3.8, 4) is 11.5 Å². The third-order valence-corrected chi connectivity index (χ3v) is 4.54. The number of rotatable bonds is 8. The Morgan fingerprint density at radius 1 is 1.15 bits per heavy atom. The second kappa shape index (κ2) is 10.8. The zero-order valence-corrected chi connectivity index (χ0v) is 19.2. The molecule has 1 atom stereocenters. The van der Waals surface area contributed by atoms with E-state index in [1.165, 1.54) is 6.21 Å². The van der Waals surface area contributed by atoms with Crippen LogP contribution in [0.4, 0.5) is 4.79 Å². The lowest BCUT2D eigenvalue weighted by atomic mass is 10.1. The van der Waals surface area contributed by atoms with Crippen molar-refractivity contribution in [2.45, 2.75) is 45.9 Å². The third-order valence-electron chi connectivity index (χ3n) is 4.54. The fourth-order valence-corrected chi connectivity index (χ4v) is 2.94. The van der Waals surface area contributed by atoms with Crippen molar-refractivity contribution in [3.05, 3.63) is 59.2 Å². The molecule has 3 rings (SSSR count). The van der Waals surface area contributed by atoms with Gasteiger partial charge in [0.1, 0.15) is 11.6 Å². The highest BCUT2D eigenvalue weighted by Crippen LogP contribution is 2.34. The van der Waals surface area contributed by atoms with Crippen molar-refractivity contribution in [2.75, 3.05) is 13.4 Å². The Balaban J connectivity index is 1.61. The van der Waals surface area contributed by atoms with E-state index in [1.807, 2.05) is 43.3 Å². The molecule has 1 aliphatic heterocycles. The summed E-state index contributed by atoms with van der Waals surface area (Å²) in [6.07, 6.45) is 0.784. The average Bonchev–Trinajstić information content (AvgIpc) is 3.19. The minimum Gasteiger partial charge on any atom is -0.454 e. The van der Waals surface area contributed by atoms with E-state index >= 15 is 0 Å². The molecule has 176 valence electrons. The summed E-state index contributed by atoms with van der Waals surface area (Å²) in [7, 11) is 0. The first-order valence-electron chi connectivity index (χ1n) is 10.6. The molecule has 1 heterocycles. The summed E-state index contributed by atoms with van der Waals surface area (Å²) in [4.78, 5) is 25.0. The van der Waals surface area contributed by atoms with Gasteiger partial charge in [0.05, 0.1) is 19.4 Å². The normalized spacial score (nSPS) is 13.6. The lowest BCUT2D eigenvalue weighted by molar-refractivity contribution is -0.124. The van der Waals surface area contributed by atoms with Gasteiger partial charge in [0.2, 0.25) is 6.79 Å². The number of amides is 2. The van der Waals surface area contributed by atoms with E-state index in [9.17, 15) is 9.59 Å². The molecule has 2 aromatic rings. The number of nitrogens with zero attached hydrogens (tertiary/aromatic N) is 1. The predicted octanol–water partition coefficient (Wildman–Crippen LogP) is 3.28. The van der Waals surface area contributed by atoms with Crippen LogP contribution in [0.1, 0.15) is 37.5 Å². The van der Waals surface area contributed by atoms with Gasteiger partial charge in [-0.3, -0.25) is 4.79 Å². The molecule has 2 N–H and O–H groups in total. The van der Waals surface area contributed by atoms with Gasteiger partial charge in [-0.05, 0) is 51.0 Å². The van der Waals surface area contributed by atoms with Gasteiger partial charge in [0, 0.05) is 5.56 Å². The van der Waals surface area contributed by atoms with Gasteiger partial charge in [-0.15, -0.1) is 0 Å². The minimum atomic E-state index is -1.00. The maximum atomic E-state index is 12.7. The Morgan fingerprint density at radius 2 is 1.85 bits per heavy atom. The molecule has 0 bridgehead atoms. The predicted molar refractivity (Wildman–Crippen MR) is 122 cm³/mol. The number of benzene rings is 2. The average molecular weight is 456 g/mol. The van der Waals surface area contributed by atoms with Crippen LogP contribution >= 0.6 is 0 Å². The smallest absolute Gasteiger partial charge is 0.408 e. The highest BCUT2D eigenvalue weighted by Gasteiger charge is 2.24. The number of alkyl carbamates (subject to hydrolysis) is 1. The summed E-state index contributed by atoms with van der Waals surface area (Å²) in [6, 6.07) is 12.1. The standard InChI is InChI=1S/C24H29N3O6/c1-16-10-20-21(32-15-31-20)11-18(16)12-25-27-22(28)19(26-23(29)33-24(2,3)4)14-30-13-17-8-6-5-7-9-17/h5-12,19H,13-15H2,1-4H3,(H,26,29)(H,27,28)/b25-12-/t19-/m0/s1. The molecule has 33 heavy (non-hydrogen) atoms. The molecule has 0 fully saturated rings. The number of fused-ring (bicyclic) bond motifs is 1. The number of carbonyl (C=O) groups is 2. The van der Waals surface area contributed by atoms with Crippen molar-refractivity contribution >= 4 is 18.2 Å². The highest BCUT2D eigenvalue weighted by molar-refractivity contribution is 5.88. The van der Waals surface area contributed by atoms with Gasteiger partial charge in [-0.25, -0.2) is 10.2 Å². The summed E-state index contributed by atoms with van der Waals surface area (Å²) < 4.78 is 21.6. The summed E-state index contributed by atoms with van der Waals surface area (Å²) in [5.41, 5.74) is 4.37. The largest absolute Gasteiger partial charge is 0.454 e. The van der Waals surface area contributed by atoms with E-state index in [0.29, 0.717) is 18.1 Å². The number of nitrogens with one attached hydrogen (secondary N) is 2. The van der Waals surface area contributed by atoms with Crippen molar-refractivity contribution in [3.63, 3.8) is 0 Å². The zero-order valence-electron chi connectivity index (χ0n) is 19.2. The second-order valence-corrected chi connectivity index (χ2v) is 8.50. The third kappa shape index (κ3) is 7.50. The fraction of sp³-hybridized carbons (Fsp3) is 0.375. The quantitative estimate of drug-likeness (QED) is 0.467. The first kappa shape index (κ1) is 24.1. The zero-order chi connectivity index (χ0) is 23.8. The molecule has 9 nitrogen and oxygen atoms in total. The van der Waals surface area contributed by atoms with Gasteiger partial charge >= 0.3 is 6.09 Å². The van der Waals surface area contributed by atoms with E-state index in [1.54, 1.807) is 26.8 Å². The summed E-state index contributed by atoms with van der Waals surface area (Å²) >= 11 is 0. The monoisotopic (exact) mass is 455 g/mol. The van der Waals surface area contributed by atoms with Crippen molar-refractivity contribution in [1.82, 2.24) is 10.7 Å². The van der Waals surface area contributed by atoms with Gasteiger partial charge in [-0.2, -0.15) is 5.10 Å². The molecule has 2 amide bonds. The van der Waals surface area contributed by atoms with Crippen LogP contribution in [0.2, 0.25) is 0 Å². The molecule has 2 aromatic carbocycles. The second-order valence-electron chi connectivity index (χ2n) is 8.50. The Morgan fingerprint density at radius 3 is 2.55 bits per heavy atom. The molecule has 0 aliphatic carbocycles. The van der Waals surface area contributed by atoms with Gasteiger partial charge in [0.15, 0.2) is 11.5 Å². The van der Waals surface area contributed by atoms with Crippen molar-refractivity contribution in [2.24, 2.45) is 5.10 Å². The molecular weight excluding hydrogens is 426 g/mol. The first-order chi connectivity index (χ1) is 15.7. The summed E-state index contributed by atoms with van der Waals surface area (Å²) in [6.45, 7) is 7.53. The molecule has 0 saturated heterocycles. The Kier molecular flexibility index (Phi) is 7.89. The molecule has 0 aromatic heterocycles. The molecular formula is C24H29N3O6. The number of hydrogen-bond acceptors (Lipinski definition) is 7. The molecule has 0 spiro atoms. The highest BCUT2D eigenvalue weighted by atomic mass is 16.7. The Hall–Kier alpha value is -3.59. The lowest BCUT2D eigenvalue weighted by Crippen LogP contribution is -2.49. The SMILES string of the molecule is Cc1cc2c(cc1/C=N\NC(=O)[C@H](COCc1ccccc1)NC(=O)OC(C)(C)C)OCO2. The van der Waals surface area contributed by atoms with Crippen LogP contribution in [-0.2, 0) is 20.9 Å². The number of carbonyl (C=O) groups excluding carboxylic acids is 2. The number of ether oxygens (including phenoxy) is 4. The molecule has 0 saturated carbocycles. The molecule has 0 unspecified atom stereocenters. The van der Waals surface area contributed by atoms with E-state index in [-0.39, 0.29) is 13.4 Å². The maximum Gasteiger partial charge on any atom is 0.408 e. The van der Waals surface area contributed by atoms with Crippen LogP contribution in [0.5, 0.6) is 11.5 Å². The fourth-order valence-electron chi connectivity index (χ4n) is 2.94. The first-order valence-corrected chi connectivity index (χ1v) is 10.6. The molecule has 9 heteroatoms. The van der Waals surface area contributed by atoms with Crippen LogP contribution in [0.3, 0.4) is 0 Å². The minimum absolute atomic E-state index is 0.0570. The summed E-state index contributed by atoms with van der Waals surface area (Å²) in [5, 5.41) is 6.57. The van der Waals surface area contributed by atoms with Crippen LogP contribution < -0.4 is 20.2 Å². The van der Waals surface area contributed by atoms with E-state index in [4.69, 9.17) is 18.9 Å². The van der Waals surface area contributed by atoms with E-state index < -0.39 is 23.6 Å². The maximum absolute atomic E-state index is 12.7. The van der Waals surface area contributed by atoms with Crippen molar-refractivity contribution in [1.29, 1.82) is 0 Å². The van der Waals surface area contributed by atoms with Crippen molar-refractivity contribution < 1.29 is 28.5 Å². The molecule has 1 aliphatic rings. The topological polar surface area (TPSA) is 107 Å². The number of aryl methyl sites for hydroxylation is 1. The van der Waals surface area contributed by atoms with Crippen LogP contribution in [0.25, 0.3) is 0 Å². The Labute approximate surface area is 193 Å². The van der Waals surface area contributed by atoms with Gasteiger partial charge < -0.3 is 24.3 Å². The number of hydrogen-bond donors (Lipinski definition) is 2. The van der Waals surface area contributed by atoms with Crippen LogP contribution in [0.15, 0.2) is 47.6 Å². The van der Waals surface area contributed by atoms with Crippen LogP contribution in [-0.4, -0.2) is 43.3 Å². The summed E-state index contributed by atoms with van der Waals surface area (Å²) in [5.74, 6) is 0.751. The van der Waals surface area contributed by atoms with E-state index in [0.717, 1.165) is 16.7 Å². The van der Waals surface area contributed by atoms with Gasteiger partial charge in [0.25, 0.3) is 5.91 Å². The lowest BCUT2D eigenvalue weighted by Gasteiger charge is -2.22.